The molecule has 1 aromatic heterocycles. The normalized spacial score (nSPS) is 15.2. The number of piperidine rings is 1. The lowest BCUT2D eigenvalue weighted by Crippen LogP contribution is -2.31. The first-order valence-electron chi connectivity index (χ1n) is 11.6. The second kappa shape index (κ2) is 9.06. The van der Waals surface area contributed by atoms with Gasteiger partial charge >= 0.3 is 6.18 Å². The van der Waals surface area contributed by atoms with Gasteiger partial charge in [0.25, 0.3) is 0 Å². The Morgan fingerprint density at radius 2 is 1.45 bits per heavy atom. The minimum Gasteiger partial charge on any atom is -0.354 e. The van der Waals surface area contributed by atoms with Crippen molar-refractivity contribution in [2.45, 2.75) is 31.9 Å². The van der Waals surface area contributed by atoms with E-state index in [0.717, 1.165) is 59.3 Å². The van der Waals surface area contributed by atoms with Crippen molar-refractivity contribution in [1.29, 1.82) is 0 Å². The quantitative estimate of drug-likeness (QED) is 0.334. The van der Waals surface area contributed by atoms with Crippen molar-refractivity contribution in [2.24, 2.45) is 0 Å². The zero-order valence-electron chi connectivity index (χ0n) is 18.5. The Bertz CT molecular complexity index is 1220. The van der Waals surface area contributed by atoms with Crippen LogP contribution in [0.1, 0.15) is 30.4 Å². The van der Waals surface area contributed by atoms with Gasteiger partial charge in [0.15, 0.2) is 0 Å². The summed E-state index contributed by atoms with van der Waals surface area (Å²) in [5.41, 5.74) is 5.56. The number of nitrogens with one attached hydrogen (secondary N) is 1. The van der Waals surface area contributed by atoms with Crippen molar-refractivity contribution in [1.82, 2.24) is 9.88 Å². The third-order valence-electron chi connectivity index (χ3n) is 6.64. The first kappa shape index (κ1) is 21.8. The van der Waals surface area contributed by atoms with Crippen molar-refractivity contribution in [3.05, 3.63) is 83.9 Å². The summed E-state index contributed by atoms with van der Waals surface area (Å²) in [6.07, 6.45) is 0.283. The van der Waals surface area contributed by atoms with E-state index in [-0.39, 0.29) is 0 Å². The van der Waals surface area contributed by atoms with E-state index in [1.807, 2.05) is 18.2 Å². The second-order valence-electron chi connectivity index (χ2n) is 8.83. The number of H-pyrrole nitrogens is 1. The van der Waals surface area contributed by atoms with Crippen molar-refractivity contribution < 1.29 is 13.2 Å². The van der Waals surface area contributed by atoms with Crippen LogP contribution >= 0.6 is 0 Å². The lowest BCUT2D eigenvalue weighted by molar-refractivity contribution is -0.137. The molecule has 4 aromatic rings. The van der Waals surface area contributed by atoms with Gasteiger partial charge in [-0.05, 0) is 78.9 Å². The monoisotopic (exact) mass is 448 g/mol. The van der Waals surface area contributed by atoms with Gasteiger partial charge in [0.1, 0.15) is 0 Å². The molecule has 1 fully saturated rings. The molecule has 0 amide bonds. The number of fused-ring (bicyclic) bond motifs is 1. The van der Waals surface area contributed by atoms with E-state index in [4.69, 9.17) is 0 Å². The number of alkyl halides is 3. The number of aromatic nitrogens is 1. The number of nitrogens with zero attached hydrogens (tertiary/aromatic N) is 1. The van der Waals surface area contributed by atoms with E-state index in [9.17, 15) is 13.2 Å². The molecule has 170 valence electrons. The lowest BCUT2D eigenvalue weighted by Gasteiger charge is -2.26. The molecular weight excluding hydrogens is 421 g/mol. The Kier molecular flexibility index (Phi) is 5.98. The SMILES string of the molecule is FC(F)(F)c1ccc(-c2[nH]c3ccc(-c4ccccc4)cc3c2CCN2CCCCC2)cc1. The smallest absolute Gasteiger partial charge is 0.354 e. The van der Waals surface area contributed by atoms with Crippen LogP contribution in [0.25, 0.3) is 33.3 Å². The summed E-state index contributed by atoms with van der Waals surface area (Å²) in [6, 6.07) is 22.1. The largest absolute Gasteiger partial charge is 0.416 e. The molecule has 5 rings (SSSR count). The maximum atomic E-state index is 13.1. The van der Waals surface area contributed by atoms with E-state index in [2.05, 4.69) is 40.2 Å². The highest BCUT2D eigenvalue weighted by Gasteiger charge is 2.30. The summed E-state index contributed by atoms with van der Waals surface area (Å²) in [4.78, 5) is 6.01. The summed E-state index contributed by atoms with van der Waals surface area (Å²) in [5.74, 6) is 0. The van der Waals surface area contributed by atoms with Gasteiger partial charge in [-0.3, -0.25) is 0 Å². The summed E-state index contributed by atoms with van der Waals surface area (Å²) >= 11 is 0. The Labute approximate surface area is 192 Å². The fourth-order valence-corrected chi connectivity index (χ4v) is 4.84. The van der Waals surface area contributed by atoms with Crippen molar-refractivity contribution >= 4 is 10.9 Å². The Morgan fingerprint density at radius 3 is 2.15 bits per heavy atom. The number of aromatic amines is 1. The standard InChI is InChI=1S/C28H27F3N2/c29-28(30,31)23-12-9-21(10-13-23)27-24(15-18-33-16-5-2-6-17-33)25-19-22(11-14-26(25)32-27)20-7-3-1-4-8-20/h1,3-4,7-14,19,32H,2,5-6,15-18H2. The number of likely N-dealkylation sites (tertiary alicyclic amines) is 1. The van der Waals surface area contributed by atoms with Gasteiger partial charge in [0.05, 0.1) is 5.56 Å². The molecule has 0 aliphatic carbocycles. The summed E-state index contributed by atoms with van der Waals surface area (Å²) in [5, 5.41) is 1.14. The topological polar surface area (TPSA) is 19.0 Å². The van der Waals surface area contributed by atoms with Gasteiger partial charge in [-0.2, -0.15) is 13.2 Å². The number of hydrogen-bond acceptors (Lipinski definition) is 1. The first-order valence-corrected chi connectivity index (χ1v) is 11.6. The molecule has 2 nitrogen and oxygen atoms in total. The van der Waals surface area contributed by atoms with Crippen LogP contribution in [0.15, 0.2) is 72.8 Å². The zero-order chi connectivity index (χ0) is 22.8. The molecule has 0 spiro atoms. The average Bonchev–Trinajstić information content (AvgIpc) is 3.21. The number of halogens is 3. The molecule has 1 aliphatic rings. The van der Waals surface area contributed by atoms with Gasteiger partial charge in [-0.1, -0.05) is 55.0 Å². The van der Waals surface area contributed by atoms with Crippen LogP contribution in [0.5, 0.6) is 0 Å². The molecule has 0 saturated carbocycles. The molecule has 1 saturated heterocycles. The molecule has 0 bridgehead atoms. The van der Waals surface area contributed by atoms with Crippen molar-refractivity contribution in [3.63, 3.8) is 0 Å². The van der Waals surface area contributed by atoms with Gasteiger partial charge < -0.3 is 9.88 Å². The Balaban J connectivity index is 1.56. The van der Waals surface area contributed by atoms with E-state index < -0.39 is 11.7 Å². The summed E-state index contributed by atoms with van der Waals surface area (Å²) in [6.45, 7) is 3.19. The van der Waals surface area contributed by atoms with E-state index in [0.29, 0.717) is 0 Å². The highest BCUT2D eigenvalue weighted by atomic mass is 19.4. The molecule has 0 radical (unpaired) electrons. The molecule has 0 unspecified atom stereocenters. The first-order chi connectivity index (χ1) is 16.0. The number of benzene rings is 3. The molecule has 2 heterocycles. The Hall–Kier alpha value is -3.05. The molecular formula is C28H27F3N2. The van der Waals surface area contributed by atoms with Crippen LogP contribution in [0.3, 0.4) is 0 Å². The maximum Gasteiger partial charge on any atom is 0.416 e. The van der Waals surface area contributed by atoms with E-state index in [1.54, 1.807) is 12.1 Å². The van der Waals surface area contributed by atoms with Crippen LogP contribution in [-0.4, -0.2) is 29.5 Å². The molecule has 33 heavy (non-hydrogen) atoms. The van der Waals surface area contributed by atoms with Crippen LogP contribution in [0, 0.1) is 0 Å². The lowest BCUT2D eigenvalue weighted by atomic mass is 9.98. The van der Waals surface area contributed by atoms with Gasteiger partial charge in [-0.25, -0.2) is 0 Å². The summed E-state index contributed by atoms with van der Waals surface area (Å²) < 4.78 is 39.3. The fraction of sp³-hybridized carbons (Fsp3) is 0.286. The van der Waals surface area contributed by atoms with Gasteiger partial charge in [-0.15, -0.1) is 0 Å². The predicted octanol–water partition coefficient (Wildman–Crippen LogP) is 7.55. The van der Waals surface area contributed by atoms with Crippen LogP contribution in [0.4, 0.5) is 13.2 Å². The third kappa shape index (κ3) is 4.69. The minimum absolute atomic E-state index is 0.622. The van der Waals surface area contributed by atoms with Crippen molar-refractivity contribution in [2.75, 3.05) is 19.6 Å². The van der Waals surface area contributed by atoms with Crippen LogP contribution in [0.2, 0.25) is 0 Å². The van der Waals surface area contributed by atoms with Crippen molar-refractivity contribution in [3.8, 4) is 22.4 Å². The highest BCUT2D eigenvalue weighted by molar-refractivity contribution is 5.93. The zero-order valence-corrected chi connectivity index (χ0v) is 18.5. The molecule has 5 heteroatoms. The van der Waals surface area contributed by atoms with Gasteiger partial charge in [0.2, 0.25) is 0 Å². The molecule has 0 atom stereocenters. The third-order valence-corrected chi connectivity index (χ3v) is 6.64. The van der Waals surface area contributed by atoms with E-state index in [1.165, 1.54) is 37.0 Å². The minimum atomic E-state index is -4.33. The predicted molar refractivity (Wildman–Crippen MR) is 128 cm³/mol. The highest BCUT2D eigenvalue weighted by Crippen LogP contribution is 2.36. The number of hydrogen-bond donors (Lipinski definition) is 1. The van der Waals surface area contributed by atoms with E-state index >= 15 is 0 Å². The van der Waals surface area contributed by atoms with Crippen LogP contribution in [-0.2, 0) is 12.6 Å². The molecule has 1 N–H and O–H groups in total. The second-order valence-corrected chi connectivity index (χ2v) is 8.83. The molecule has 1 aliphatic heterocycles. The Morgan fingerprint density at radius 1 is 0.758 bits per heavy atom. The van der Waals surface area contributed by atoms with Crippen LogP contribution < -0.4 is 0 Å². The molecule has 3 aromatic carbocycles. The maximum absolute atomic E-state index is 13.1. The van der Waals surface area contributed by atoms with Gasteiger partial charge in [0, 0.05) is 23.1 Å². The fourth-order valence-electron chi connectivity index (χ4n) is 4.84. The number of rotatable bonds is 5. The summed E-state index contributed by atoms with van der Waals surface area (Å²) in [7, 11) is 0. The average molecular weight is 449 g/mol.